The molecule has 106 valence electrons. The van der Waals surface area contributed by atoms with Crippen molar-refractivity contribution in [2.24, 2.45) is 0 Å². The van der Waals surface area contributed by atoms with Crippen LogP contribution in [-0.2, 0) is 0 Å². The van der Waals surface area contributed by atoms with E-state index in [0.717, 1.165) is 0 Å². The van der Waals surface area contributed by atoms with Crippen LogP contribution in [0.15, 0.2) is 36.7 Å². The first-order chi connectivity index (χ1) is 10.2. The molecule has 1 aromatic carbocycles. The largest absolute Gasteiger partial charge is 0.366 e. The van der Waals surface area contributed by atoms with Crippen LogP contribution in [0.25, 0.3) is 0 Å². The second-order valence-electron chi connectivity index (χ2n) is 4.03. The average Bonchev–Trinajstić information content (AvgIpc) is 2.52. The average molecular weight is 285 g/mol. The number of nitrogens with one attached hydrogen (secondary N) is 2. The van der Waals surface area contributed by atoms with Gasteiger partial charge in [0.15, 0.2) is 11.5 Å². The van der Waals surface area contributed by atoms with E-state index in [9.17, 15) is 9.18 Å². The number of anilines is 1. The summed E-state index contributed by atoms with van der Waals surface area (Å²) in [6, 6.07) is 7.66. The molecule has 0 saturated carbocycles. The zero-order chi connectivity index (χ0) is 15.1. The Morgan fingerprint density at radius 3 is 2.76 bits per heavy atom. The maximum atomic E-state index is 13.4. The van der Waals surface area contributed by atoms with Crippen molar-refractivity contribution < 1.29 is 9.18 Å². The fraction of sp³-hybridized carbons (Fsp3) is 0.143. The second kappa shape index (κ2) is 6.96. The van der Waals surface area contributed by atoms with Crippen molar-refractivity contribution in [1.82, 2.24) is 15.3 Å². The van der Waals surface area contributed by atoms with Gasteiger partial charge in [0.05, 0.1) is 5.56 Å². The molecule has 0 radical (unpaired) electrons. The Bertz CT molecular complexity index is 683. The van der Waals surface area contributed by atoms with Crippen LogP contribution in [0.4, 0.5) is 10.2 Å². The minimum atomic E-state index is -0.566. The fourth-order valence-electron chi connectivity index (χ4n) is 1.65. The topological polar surface area (TPSA) is 90.7 Å². The molecule has 0 spiro atoms. The molecule has 0 unspecified atom stereocenters. The van der Waals surface area contributed by atoms with Gasteiger partial charge in [0.2, 0.25) is 0 Å². The van der Waals surface area contributed by atoms with E-state index in [0.29, 0.717) is 12.4 Å². The number of amides is 1. The summed E-state index contributed by atoms with van der Waals surface area (Å²) in [6.07, 6.45) is 2.88. The van der Waals surface area contributed by atoms with Crippen LogP contribution in [0.3, 0.4) is 0 Å². The Hall–Kier alpha value is -3.01. The van der Waals surface area contributed by atoms with Crippen molar-refractivity contribution in [2.45, 2.75) is 0 Å². The van der Waals surface area contributed by atoms with Gasteiger partial charge < -0.3 is 10.6 Å². The lowest BCUT2D eigenvalue weighted by atomic mass is 10.2. The van der Waals surface area contributed by atoms with Crippen molar-refractivity contribution in [3.8, 4) is 6.07 Å². The molecule has 21 heavy (non-hydrogen) atoms. The number of hydrogen-bond acceptors (Lipinski definition) is 5. The van der Waals surface area contributed by atoms with Gasteiger partial charge in [0.1, 0.15) is 11.9 Å². The molecule has 7 heteroatoms. The highest BCUT2D eigenvalue weighted by Gasteiger charge is 2.09. The maximum absolute atomic E-state index is 13.4. The van der Waals surface area contributed by atoms with Gasteiger partial charge in [-0.3, -0.25) is 4.79 Å². The van der Waals surface area contributed by atoms with Crippen molar-refractivity contribution >= 4 is 11.7 Å². The number of carbonyl (C=O) groups is 1. The predicted octanol–water partition coefficient (Wildman–Crippen LogP) is 1.33. The van der Waals surface area contributed by atoms with Gasteiger partial charge in [-0.05, 0) is 12.1 Å². The van der Waals surface area contributed by atoms with Crippen LogP contribution in [-0.4, -0.2) is 29.0 Å². The molecule has 0 aliphatic carbocycles. The fourth-order valence-corrected chi connectivity index (χ4v) is 1.65. The molecule has 1 amide bonds. The van der Waals surface area contributed by atoms with Crippen LogP contribution in [0, 0.1) is 17.1 Å². The molecule has 0 fully saturated rings. The van der Waals surface area contributed by atoms with E-state index in [-0.39, 0.29) is 17.8 Å². The predicted molar refractivity (Wildman–Crippen MR) is 74.0 cm³/mol. The van der Waals surface area contributed by atoms with Crippen LogP contribution < -0.4 is 10.6 Å². The van der Waals surface area contributed by atoms with Gasteiger partial charge in [-0.25, -0.2) is 14.4 Å². The first kappa shape index (κ1) is 14.4. The van der Waals surface area contributed by atoms with Gasteiger partial charge in [0.25, 0.3) is 5.91 Å². The lowest BCUT2D eigenvalue weighted by Crippen LogP contribution is -2.29. The third kappa shape index (κ3) is 3.73. The third-order valence-corrected chi connectivity index (χ3v) is 2.63. The van der Waals surface area contributed by atoms with Crippen LogP contribution in [0.2, 0.25) is 0 Å². The van der Waals surface area contributed by atoms with E-state index >= 15 is 0 Å². The first-order valence-corrected chi connectivity index (χ1v) is 6.20. The summed E-state index contributed by atoms with van der Waals surface area (Å²) in [5, 5.41) is 14.3. The normalized spacial score (nSPS) is 9.71. The highest BCUT2D eigenvalue weighted by Crippen LogP contribution is 2.06. The zero-order valence-corrected chi connectivity index (χ0v) is 11.0. The van der Waals surface area contributed by atoms with Gasteiger partial charge in [-0.1, -0.05) is 12.1 Å². The van der Waals surface area contributed by atoms with Gasteiger partial charge >= 0.3 is 0 Å². The molecule has 0 atom stereocenters. The molecule has 1 aromatic heterocycles. The molecule has 6 nitrogen and oxygen atoms in total. The SMILES string of the molecule is N#Cc1nccnc1NCCNC(=O)c1ccccc1F. The molecular weight excluding hydrogens is 273 g/mol. The number of aromatic nitrogens is 2. The second-order valence-corrected chi connectivity index (χ2v) is 4.03. The van der Waals surface area contributed by atoms with Crippen LogP contribution in [0.5, 0.6) is 0 Å². The number of benzene rings is 1. The Morgan fingerprint density at radius 2 is 2.00 bits per heavy atom. The lowest BCUT2D eigenvalue weighted by molar-refractivity contribution is 0.0951. The molecule has 2 aromatic rings. The Kier molecular flexibility index (Phi) is 4.77. The first-order valence-electron chi connectivity index (χ1n) is 6.20. The monoisotopic (exact) mass is 285 g/mol. The minimum absolute atomic E-state index is 0.00489. The molecule has 2 N–H and O–H groups in total. The molecule has 0 aliphatic rings. The van der Waals surface area contributed by atoms with Crippen molar-refractivity contribution in [1.29, 1.82) is 5.26 Å². The summed E-state index contributed by atoms with van der Waals surface area (Å²) in [6.45, 7) is 0.599. The maximum Gasteiger partial charge on any atom is 0.254 e. The van der Waals surface area contributed by atoms with Crippen LogP contribution >= 0.6 is 0 Å². The van der Waals surface area contributed by atoms with Gasteiger partial charge in [0, 0.05) is 25.5 Å². The van der Waals surface area contributed by atoms with E-state index in [4.69, 9.17) is 5.26 Å². The van der Waals surface area contributed by atoms with E-state index in [1.54, 1.807) is 6.07 Å². The quantitative estimate of drug-likeness (QED) is 0.809. The highest BCUT2D eigenvalue weighted by atomic mass is 19.1. The number of carbonyl (C=O) groups excluding carboxylic acids is 1. The summed E-state index contributed by atoms with van der Waals surface area (Å²) in [4.78, 5) is 19.6. The van der Waals surface area contributed by atoms with Gasteiger partial charge in [-0.15, -0.1) is 0 Å². The summed E-state index contributed by atoms with van der Waals surface area (Å²) < 4.78 is 13.4. The third-order valence-electron chi connectivity index (χ3n) is 2.63. The van der Waals surface area contributed by atoms with E-state index in [1.165, 1.54) is 30.6 Å². The smallest absolute Gasteiger partial charge is 0.254 e. The minimum Gasteiger partial charge on any atom is -0.366 e. The molecule has 2 rings (SSSR count). The van der Waals surface area contributed by atoms with E-state index in [2.05, 4.69) is 20.6 Å². The lowest BCUT2D eigenvalue weighted by Gasteiger charge is -2.08. The molecule has 0 bridgehead atoms. The number of nitriles is 1. The summed E-state index contributed by atoms with van der Waals surface area (Å²) in [5.41, 5.74) is 0.174. The highest BCUT2D eigenvalue weighted by molar-refractivity contribution is 5.94. The van der Waals surface area contributed by atoms with E-state index in [1.807, 2.05) is 6.07 Å². The van der Waals surface area contributed by atoms with Crippen LogP contribution in [0.1, 0.15) is 16.1 Å². The Labute approximate surface area is 120 Å². The Morgan fingerprint density at radius 1 is 1.24 bits per heavy atom. The van der Waals surface area contributed by atoms with E-state index < -0.39 is 11.7 Å². The zero-order valence-electron chi connectivity index (χ0n) is 11.0. The number of rotatable bonds is 5. The molecule has 0 aliphatic heterocycles. The number of hydrogen-bond donors (Lipinski definition) is 2. The number of halogens is 1. The molecular formula is C14H12FN5O. The Balaban J connectivity index is 1.84. The molecule has 1 heterocycles. The van der Waals surface area contributed by atoms with Gasteiger partial charge in [-0.2, -0.15) is 5.26 Å². The van der Waals surface area contributed by atoms with Crippen molar-refractivity contribution in [3.05, 3.63) is 53.7 Å². The summed E-state index contributed by atoms with van der Waals surface area (Å²) in [5.74, 6) is -0.710. The van der Waals surface area contributed by atoms with Crippen molar-refractivity contribution in [3.63, 3.8) is 0 Å². The standard InChI is InChI=1S/C14H12FN5O/c15-11-4-2-1-3-10(11)14(21)20-8-7-19-13-12(9-16)17-5-6-18-13/h1-6H,7-8H2,(H,18,19)(H,20,21). The summed E-state index contributed by atoms with van der Waals surface area (Å²) >= 11 is 0. The summed E-state index contributed by atoms with van der Waals surface area (Å²) in [7, 11) is 0. The molecule has 0 saturated heterocycles. The van der Waals surface area contributed by atoms with Crippen molar-refractivity contribution in [2.75, 3.05) is 18.4 Å². The number of nitrogens with zero attached hydrogens (tertiary/aromatic N) is 3.